The molecular weight excluding hydrogens is 230 g/mol. The van der Waals surface area contributed by atoms with Crippen LogP contribution in [-0.4, -0.2) is 29.7 Å². The van der Waals surface area contributed by atoms with Crippen molar-refractivity contribution in [3.8, 4) is 11.3 Å². The summed E-state index contributed by atoms with van der Waals surface area (Å²) in [5, 5.41) is 9.62. The molecule has 6 nitrogen and oxygen atoms in total. The molecule has 0 unspecified atom stereocenters. The summed E-state index contributed by atoms with van der Waals surface area (Å²) in [7, 11) is 1.89. The van der Waals surface area contributed by atoms with Crippen LogP contribution in [0.3, 0.4) is 0 Å². The van der Waals surface area contributed by atoms with E-state index < -0.39 is 0 Å². The number of benzene rings is 1. The molecule has 1 aliphatic heterocycles. The average molecular weight is 243 g/mol. The number of rotatable bonds is 1. The molecule has 92 valence electrons. The molecular formula is C12H13N5O. The van der Waals surface area contributed by atoms with Crippen LogP contribution < -0.4 is 16.0 Å². The van der Waals surface area contributed by atoms with Gasteiger partial charge in [0.25, 0.3) is 0 Å². The van der Waals surface area contributed by atoms with Gasteiger partial charge in [-0.2, -0.15) is 5.10 Å². The number of anilines is 3. The molecule has 4 N–H and O–H groups in total. The van der Waals surface area contributed by atoms with Crippen LogP contribution in [0.2, 0.25) is 0 Å². The van der Waals surface area contributed by atoms with Crippen LogP contribution in [0.4, 0.5) is 17.2 Å². The molecule has 0 radical (unpaired) electrons. The Bertz CT molecular complexity index is 619. The number of hydrogen-bond acceptors (Lipinski definition) is 4. The van der Waals surface area contributed by atoms with E-state index in [9.17, 15) is 4.79 Å². The van der Waals surface area contributed by atoms with Crippen molar-refractivity contribution in [2.24, 2.45) is 0 Å². The Morgan fingerprint density at radius 3 is 2.94 bits per heavy atom. The molecule has 1 aromatic carbocycles. The largest absolute Gasteiger partial charge is 0.382 e. The smallest absolute Gasteiger partial charge is 0.243 e. The minimum atomic E-state index is 0.00327. The summed E-state index contributed by atoms with van der Waals surface area (Å²) in [6, 6.07) is 7.59. The van der Waals surface area contributed by atoms with Crippen LogP contribution in [0.5, 0.6) is 0 Å². The molecule has 0 aliphatic carbocycles. The summed E-state index contributed by atoms with van der Waals surface area (Å²) in [6.07, 6.45) is 0. The molecule has 18 heavy (non-hydrogen) atoms. The van der Waals surface area contributed by atoms with Gasteiger partial charge in [0.1, 0.15) is 5.82 Å². The van der Waals surface area contributed by atoms with Gasteiger partial charge in [0, 0.05) is 18.7 Å². The Morgan fingerprint density at radius 2 is 2.22 bits per heavy atom. The molecule has 2 aromatic rings. The number of nitrogens with zero attached hydrogens (tertiary/aromatic N) is 2. The predicted octanol–water partition coefficient (Wildman–Crippen LogP) is 1.05. The zero-order chi connectivity index (χ0) is 12.7. The van der Waals surface area contributed by atoms with E-state index in [2.05, 4.69) is 15.5 Å². The van der Waals surface area contributed by atoms with E-state index in [4.69, 9.17) is 5.73 Å². The van der Waals surface area contributed by atoms with Crippen LogP contribution >= 0.6 is 0 Å². The fraction of sp³-hybridized carbons (Fsp3) is 0.167. The van der Waals surface area contributed by atoms with Crippen LogP contribution in [0.25, 0.3) is 11.3 Å². The maximum absolute atomic E-state index is 11.4. The van der Waals surface area contributed by atoms with Crippen molar-refractivity contribution in [1.82, 2.24) is 10.2 Å². The number of amides is 1. The van der Waals surface area contributed by atoms with E-state index in [-0.39, 0.29) is 5.91 Å². The standard InChI is InChI=1S/C12H13N5O/c1-17-6-12(18)14-8-3-2-7(4-10(8)17)9-5-11(13)16-15-9/h2-5H,6H2,1H3,(H,14,18)(H3,13,15,16). The van der Waals surface area contributed by atoms with Gasteiger partial charge in [0.2, 0.25) is 5.91 Å². The molecule has 0 saturated heterocycles. The monoisotopic (exact) mass is 243 g/mol. The number of fused-ring (bicyclic) bond motifs is 1. The first-order valence-corrected chi connectivity index (χ1v) is 5.60. The number of H-pyrrole nitrogens is 1. The molecule has 3 rings (SSSR count). The molecule has 0 spiro atoms. The number of hydrogen-bond donors (Lipinski definition) is 3. The highest BCUT2D eigenvalue weighted by molar-refractivity contribution is 6.01. The molecule has 1 amide bonds. The number of aromatic amines is 1. The number of nitrogens with two attached hydrogens (primary N) is 1. The SMILES string of the molecule is CN1CC(=O)Nc2ccc(-c3cc(N)n[nH]3)cc21. The van der Waals surface area contributed by atoms with Crippen molar-refractivity contribution in [1.29, 1.82) is 0 Å². The minimum absolute atomic E-state index is 0.00327. The summed E-state index contributed by atoms with van der Waals surface area (Å²) in [5.41, 5.74) is 9.25. The first kappa shape index (κ1) is 10.6. The number of likely N-dealkylation sites (N-methyl/N-ethyl adjacent to an activating group) is 1. The summed E-state index contributed by atoms with van der Waals surface area (Å²) in [5.74, 6) is 0.466. The predicted molar refractivity (Wildman–Crippen MR) is 70.3 cm³/mol. The maximum atomic E-state index is 11.4. The number of nitrogens with one attached hydrogen (secondary N) is 2. The highest BCUT2D eigenvalue weighted by atomic mass is 16.2. The maximum Gasteiger partial charge on any atom is 0.243 e. The zero-order valence-corrected chi connectivity index (χ0v) is 9.90. The lowest BCUT2D eigenvalue weighted by Gasteiger charge is -2.27. The van der Waals surface area contributed by atoms with E-state index in [1.54, 1.807) is 6.07 Å². The first-order valence-electron chi connectivity index (χ1n) is 5.60. The molecule has 1 aliphatic rings. The van der Waals surface area contributed by atoms with Crippen LogP contribution in [0, 0.1) is 0 Å². The Balaban J connectivity index is 2.05. The van der Waals surface area contributed by atoms with Gasteiger partial charge >= 0.3 is 0 Å². The second-order valence-electron chi connectivity index (χ2n) is 4.34. The van der Waals surface area contributed by atoms with Gasteiger partial charge in [0.05, 0.1) is 23.6 Å². The van der Waals surface area contributed by atoms with Gasteiger partial charge in [-0.1, -0.05) is 6.07 Å². The van der Waals surface area contributed by atoms with Gasteiger partial charge < -0.3 is 16.0 Å². The van der Waals surface area contributed by atoms with Gasteiger partial charge in [-0.05, 0) is 12.1 Å². The molecule has 1 aromatic heterocycles. The topological polar surface area (TPSA) is 87.0 Å². The number of carbonyl (C=O) groups is 1. The van der Waals surface area contributed by atoms with Gasteiger partial charge in [-0.15, -0.1) is 0 Å². The second-order valence-corrected chi connectivity index (χ2v) is 4.34. The fourth-order valence-corrected chi connectivity index (χ4v) is 2.10. The van der Waals surface area contributed by atoms with Crippen molar-refractivity contribution in [3.63, 3.8) is 0 Å². The third-order valence-electron chi connectivity index (χ3n) is 2.97. The molecule has 0 saturated carbocycles. The molecule has 0 bridgehead atoms. The number of aromatic nitrogens is 2. The van der Waals surface area contributed by atoms with Gasteiger partial charge in [0.15, 0.2) is 0 Å². The Hall–Kier alpha value is -2.50. The van der Waals surface area contributed by atoms with Gasteiger partial charge in [-0.3, -0.25) is 9.89 Å². The highest BCUT2D eigenvalue weighted by Gasteiger charge is 2.19. The third-order valence-corrected chi connectivity index (χ3v) is 2.97. The Kier molecular flexibility index (Phi) is 2.22. The average Bonchev–Trinajstić information content (AvgIpc) is 2.75. The van der Waals surface area contributed by atoms with E-state index in [0.717, 1.165) is 22.6 Å². The Labute approximate surface area is 104 Å². The first-order chi connectivity index (χ1) is 8.63. The van der Waals surface area contributed by atoms with Crippen molar-refractivity contribution in [2.45, 2.75) is 0 Å². The van der Waals surface area contributed by atoms with Crippen LogP contribution in [0.15, 0.2) is 24.3 Å². The minimum Gasteiger partial charge on any atom is -0.382 e. The molecule has 0 atom stereocenters. The summed E-state index contributed by atoms with van der Waals surface area (Å²) in [4.78, 5) is 13.3. The van der Waals surface area contributed by atoms with Crippen LogP contribution in [0.1, 0.15) is 0 Å². The van der Waals surface area contributed by atoms with Crippen molar-refractivity contribution < 1.29 is 4.79 Å². The summed E-state index contributed by atoms with van der Waals surface area (Å²) < 4.78 is 0. The van der Waals surface area contributed by atoms with Crippen LogP contribution in [-0.2, 0) is 4.79 Å². The lowest BCUT2D eigenvalue weighted by Crippen LogP contribution is -2.35. The molecule has 6 heteroatoms. The van der Waals surface area contributed by atoms with Crippen molar-refractivity contribution >= 4 is 23.1 Å². The lowest BCUT2D eigenvalue weighted by molar-refractivity contribution is -0.115. The summed E-state index contributed by atoms with van der Waals surface area (Å²) in [6.45, 7) is 0.363. The van der Waals surface area contributed by atoms with Gasteiger partial charge in [-0.25, -0.2) is 0 Å². The van der Waals surface area contributed by atoms with E-state index in [0.29, 0.717) is 12.4 Å². The molecule has 2 heterocycles. The van der Waals surface area contributed by atoms with E-state index in [1.165, 1.54) is 0 Å². The number of nitrogen functional groups attached to an aromatic ring is 1. The highest BCUT2D eigenvalue weighted by Crippen LogP contribution is 2.32. The normalized spacial score (nSPS) is 14.3. The molecule has 0 fully saturated rings. The van der Waals surface area contributed by atoms with E-state index in [1.807, 2.05) is 30.1 Å². The van der Waals surface area contributed by atoms with Crippen molar-refractivity contribution in [3.05, 3.63) is 24.3 Å². The van der Waals surface area contributed by atoms with Crippen molar-refractivity contribution in [2.75, 3.05) is 29.5 Å². The number of carbonyl (C=O) groups excluding carboxylic acids is 1. The zero-order valence-electron chi connectivity index (χ0n) is 9.90. The Morgan fingerprint density at radius 1 is 1.39 bits per heavy atom. The van der Waals surface area contributed by atoms with E-state index >= 15 is 0 Å². The quantitative estimate of drug-likeness (QED) is 0.698. The fourth-order valence-electron chi connectivity index (χ4n) is 2.10. The third kappa shape index (κ3) is 1.67. The lowest BCUT2D eigenvalue weighted by atomic mass is 10.1. The second kappa shape index (κ2) is 3.76. The summed E-state index contributed by atoms with van der Waals surface area (Å²) >= 11 is 0.